The fraction of sp³-hybridized carbons (Fsp3) is 0.333. The third-order valence-corrected chi connectivity index (χ3v) is 9.23. The Kier molecular flexibility index (Phi) is 10.3. The molecule has 1 aliphatic carbocycles. The van der Waals surface area contributed by atoms with Crippen molar-refractivity contribution in [2.24, 2.45) is 17.0 Å². The number of nitrogens with zero attached hydrogens (tertiary/aromatic N) is 3. The highest BCUT2D eigenvalue weighted by molar-refractivity contribution is 7.89. The lowest BCUT2D eigenvalue weighted by Gasteiger charge is -2.28. The van der Waals surface area contributed by atoms with E-state index in [0.29, 0.717) is 49.1 Å². The summed E-state index contributed by atoms with van der Waals surface area (Å²) in [4.78, 5) is 26.8. The second kappa shape index (κ2) is 14.5. The minimum atomic E-state index is -3.78. The minimum Gasteiger partial charge on any atom is -0.354 e. The fourth-order valence-corrected chi connectivity index (χ4v) is 5.92. The predicted molar refractivity (Wildman–Crippen MR) is 177 cm³/mol. The van der Waals surface area contributed by atoms with E-state index in [-0.39, 0.29) is 16.7 Å². The lowest BCUT2D eigenvalue weighted by atomic mass is 9.81. The van der Waals surface area contributed by atoms with E-state index in [9.17, 15) is 13.2 Å². The molecule has 0 aliphatic heterocycles. The van der Waals surface area contributed by atoms with Crippen LogP contribution in [0, 0.1) is 25.7 Å². The molecule has 0 radical (unpaired) electrons. The Morgan fingerprint density at radius 3 is 2.04 bits per heavy atom. The Balaban J connectivity index is 1.17. The summed E-state index contributed by atoms with van der Waals surface area (Å²) in [5, 5.41) is 18.2. The molecular weight excluding hydrogens is 588 g/mol. The maximum Gasteiger partial charge on any atom is 0.238 e. The molecule has 1 fully saturated rings. The smallest absolute Gasteiger partial charge is 0.238 e. The molecule has 3 aromatic carbocycles. The molecule has 1 aromatic heterocycles. The Bertz CT molecular complexity index is 1710. The van der Waals surface area contributed by atoms with Gasteiger partial charge in [0.05, 0.1) is 4.90 Å². The van der Waals surface area contributed by atoms with E-state index in [4.69, 9.17) is 5.14 Å². The van der Waals surface area contributed by atoms with E-state index in [0.717, 1.165) is 31.2 Å². The maximum absolute atomic E-state index is 12.9. The number of rotatable bonds is 12. The van der Waals surface area contributed by atoms with Crippen molar-refractivity contribution in [1.29, 1.82) is 0 Å². The van der Waals surface area contributed by atoms with Gasteiger partial charge in [0, 0.05) is 31.2 Å². The SMILES string of the molecule is Cc1cccc(CNc2nc(NCc3ccccc3)nc(NC[C@H]3CC[C@H](C(=O)Nc4ccc(S(N)(=O)=O)cc4)CC3)n2)c1C. The van der Waals surface area contributed by atoms with Gasteiger partial charge in [-0.05, 0) is 92.0 Å². The number of aromatic nitrogens is 3. The topological polar surface area (TPSA) is 164 Å². The number of aryl methyl sites for hydroxylation is 1. The van der Waals surface area contributed by atoms with Gasteiger partial charge in [-0.3, -0.25) is 4.79 Å². The molecule has 1 saturated carbocycles. The minimum absolute atomic E-state index is 0.00931. The zero-order chi connectivity index (χ0) is 31.8. The second-order valence-electron chi connectivity index (χ2n) is 11.5. The van der Waals surface area contributed by atoms with Crippen LogP contribution in [0.5, 0.6) is 0 Å². The first-order valence-corrected chi connectivity index (χ1v) is 16.7. The van der Waals surface area contributed by atoms with Crippen LogP contribution in [0.4, 0.5) is 23.5 Å². The summed E-state index contributed by atoms with van der Waals surface area (Å²) in [5.74, 6) is 1.67. The molecular formula is C33H40N8O3S. The molecule has 0 spiro atoms. The average molecular weight is 629 g/mol. The highest BCUT2D eigenvalue weighted by Crippen LogP contribution is 2.30. The summed E-state index contributed by atoms with van der Waals surface area (Å²) in [7, 11) is -3.78. The predicted octanol–water partition coefficient (Wildman–Crippen LogP) is 5.22. The Morgan fingerprint density at radius 2 is 1.40 bits per heavy atom. The number of carbonyl (C=O) groups is 1. The summed E-state index contributed by atoms with van der Waals surface area (Å²) in [6, 6.07) is 22.2. The van der Waals surface area contributed by atoms with Gasteiger partial charge >= 0.3 is 0 Å². The van der Waals surface area contributed by atoms with Crippen LogP contribution in [0.25, 0.3) is 0 Å². The number of hydrogen-bond donors (Lipinski definition) is 5. The molecule has 0 atom stereocenters. The van der Waals surface area contributed by atoms with Crippen molar-refractivity contribution in [2.45, 2.75) is 57.5 Å². The van der Waals surface area contributed by atoms with E-state index >= 15 is 0 Å². The zero-order valence-electron chi connectivity index (χ0n) is 25.6. The van der Waals surface area contributed by atoms with Crippen LogP contribution < -0.4 is 26.4 Å². The summed E-state index contributed by atoms with van der Waals surface area (Å²) in [5.41, 5.74) is 5.33. The molecule has 0 bridgehead atoms. The molecule has 1 aliphatic rings. The largest absolute Gasteiger partial charge is 0.354 e. The molecule has 4 aromatic rings. The van der Waals surface area contributed by atoms with E-state index in [1.807, 2.05) is 30.3 Å². The molecule has 1 amide bonds. The average Bonchev–Trinajstić information content (AvgIpc) is 3.04. The van der Waals surface area contributed by atoms with Crippen LogP contribution in [-0.2, 0) is 27.9 Å². The molecule has 12 heteroatoms. The first-order valence-electron chi connectivity index (χ1n) is 15.1. The number of benzene rings is 3. The van der Waals surface area contributed by atoms with E-state index < -0.39 is 10.0 Å². The number of primary sulfonamides is 1. The second-order valence-corrected chi connectivity index (χ2v) is 13.1. The first-order chi connectivity index (χ1) is 21.6. The van der Waals surface area contributed by atoms with Crippen LogP contribution in [0.2, 0.25) is 0 Å². The van der Waals surface area contributed by atoms with Crippen molar-refractivity contribution in [3.63, 3.8) is 0 Å². The van der Waals surface area contributed by atoms with Gasteiger partial charge in [-0.25, -0.2) is 13.6 Å². The standard InChI is InChI=1S/C33H40N8O3S/c1-22-7-6-10-27(23(22)2)21-37-33-40-31(35-19-24-8-4-3-5-9-24)39-32(41-33)36-20-25-11-13-26(14-12-25)30(42)38-28-15-17-29(18-16-28)45(34,43)44/h3-10,15-18,25-26H,11-14,19-21H2,1-2H3,(H,38,42)(H2,34,43,44)(H3,35,36,37,39,40,41)/t25-,26-. The van der Waals surface area contributed by atoms with E-state index in [2.05, 4.69) is 68.3 Å². The third kappa shape index (κ3) is 8.99. The molecule has 45 heavy (non-hydrogen) atoms. The van der Waals surface area contributed by atoms with Gasteiger partial charge in [0.1, 0.15) is 0 Å². The highest BCUT2D eigenvalue weighted by atomic mass is 32.2. The van der Waals surface area contributed by atoms with Crippen molar-refractivity contribution < 1.29 is 13.2 Å². The third-order valence-electron chi connectivity index (χ3n) is 8.30. The molecule has 5 rings (SSSR count). The maximum atomic E-state index is 12.9. The van der Waals surface area contributed by atoms with Crippen LogP contribution in [0.3, 0.4) is 0 Å². The molecule has 0 unspecified atom stereocenters. The molecule has 1 heterocycles. The van der Waals surface area contributed by atoms with E-state index in [1.165, 1.54) is 28.8 Å². The van der Waals surface area contributed by atoms with Gasteiger partial charge in [0.2, 0.25) is 33.8 Å². The Hall–Kier alpha value is -4.55. The number of anilines is 4. The van der Waals surface area contributed by atoms with Gasteiger partial charge in [0.15, 0.2) is 0 Å². The Morgan fingerprint density at radius 1 is 0.778 bits per heavy atom. The van der Waals surface area contributed by atoms with Crippen LogP contribution in [0.1, 0.15) is 47.9 Å². The van der Waals surface area contributed by atoms with Crippen LogP contribution in [-0.4, -0.2) is 35.8 Å². The van der Waals surface area contributed by atoms with E-state index in [1.54, 1.807) is 12.1 Å². The molecule has 236 valence electrons. The number of sulfonamides is 1. The van der Waals surface area contributed by atoms with Crippen molar-refractivity contribution in [3.05, 3.63) is 95.1 Å². The number of carbonyl (C=O) groups excluding carboxylic acids is 1. The number of amides is 1. The van der Waals surface area contributed by atoms with Gasteiger partial charge < -0.3 is 21.3 Å². The monoisotopic (exact) mass is 628 g/mol. The van der Waals surface area contributed by atoms with Gasteiger partial charge in [0.25, 0.3) is 0 Å². The highest BCUT2D eigenvalue weighted by Gasteiger charge is 2.26. The lowest BCUT2D eigenvalue weighted by molar-refractivity contribution is -0.121. The fourth-order valence-electron chi connectivity index (χ4n) is 5.40. The number of nitrogens with two attached hydrogens (primary N) is 1. The van der Waals surface area contributed by atoms with Gasteiger partial charge in [-0.15, -0.1) is 0 Å². The zero-order valence-corrected chi connectivity index (χ0v) is 26.4. The van der Waals surface area contributed by atoms with Gasteiger partial charge in [-0.1, -0.05) is 48.5 Å². The lowest BCUT2D eigenvalue weighted by Crippen LogP contribution is -2.29. The molecule has 11 nitrogen and oxygen atoms in total. The van der Waals surface area contributed by atoms with Crippen LogP contribution >= 0.6 is 0 Å². The van der Waals surface area contributed by atoms with Gasteiger partial charge in [-0.2, -0.15) is 15.0 Å². The number of hydrogen-bond acceptors (Lipinski definition) is 9. The van der Waals surface area contributed by atoms with Crippen molar-refractivity contribution in [2.75, 3.05) is 27.8 Å². The summed E-state index contributed by atoms with van der Waals surface area (Å²) in [6.07, 6.45) is 3.29. The van der Waals surface area contributed by atoms with Crippen LogP contribution in [0.15, 0.2) is 77.7 Å². The first kappa shape index (κ1) is 31.9. The van der Waals surface area contributed by atoms with Crippen molar-refractivity contribution in [1.82, 2.24) is 15.0 Å². The Labute approximate surface area is 264 Å². The molecule has 0 saturated heterocycles. The van der Waals surface area contributed by atoms with Crippen molar-refractivity contribution >= 4 is 39.5 Å². The quantitative estimate of drug-likeness (QED) is 0.142. The summed E-state index contributed by atoms with van der Waals surface area (Å²) < 4.78 is 23.0. The van der Waals surface area contributed by atoms with Crippen molar-refractivity contribution in [3.8, 4) is 0 Å². The number of nitrogens with one attached hydrogen (secondary N) is 4. The summed E-state index contributed by atoms with van der Waals surface area (Å²) >= 11 is 0. The summed E-state index contributed by atoms with van der Waals surface area (Å²) in [6.45, 7) is 6.08. The molecule has 6 N–H and O–H groups in total. The normalized spacial score (nSPS) is 16.5.